The Hall–Kier alpha value is -3.15. The lowest BCUT2D eigenvalue weighted by Crippen LogP contribution is -2.08. The molecule has 3 aromatic rings. The Balaban J connectivity index is 1.57. The zero-order valence-electron chi connectivity index (χ0n) is 13.1. The van der Waals surface area contributed by atoms with E-state index in [0.29, 0.717) is 23.7 Å². The molecular weight excluding hydrogens is 308 g/mol. The number of hydrogen-bond acceptors (Lipinski definition) is 6. The van der Waals surface area contributed by atoms with Gasteiger partial charge in [0.2, 0.25) is 0 Å². The van der Waals surface area contributed by atoms with Gasteiger partial charge >= 0.3 is 5.97 Å². The number of esters is 1. The van der Waals surface area contributed by atoms with E-state index in [9.17, 15) is 4.79 Å². The number of carbonyl (C=O) groups excluding carboxylic acids is 1. The minimum absolute atomic E-state index is 0.155. The average Bonchev–Trinajstić information content (AvgIpc) is 3.10. The molecule has 0 aliphatic heterocycles. The van der Waals surface area contributed by atoms with Crippen molar-refractivity contribution in [2.24, 2.45) is 0 Å². The lowest BCUT2D eigenvalue weighted by atomic mass is 10.2. The van der Waals surface area contributed by atoms with E-state index in [2.05, 4.69) is 9.97 Å². The van der Waals surface area contributed by atoms with Crippen molar-refractivity contribution < 1.29 is 18.7 Å². The molecule has 0 bridgehead atoms. The van der Waals surface area contributed by atoms with Crippen LogP contribution in [0.4, 0.5) is 0 Å². The van der Waals surface area contributed by atoms with Crippen molar-refractivity contribution in [3.63, 3.8) is 0 Å². The number of hydrogen-bond donors (Lipinski definition) is 0. The van der Waals surface area contributed by atoms with E-state index in [1.807, 2.05) is 37.3 Å². The summed E-state index contributed by atoms with van der Waals surface area (Å²) in [6, 6.07) is 10.9. The first-order valence-electron chi connectivity index (χ1n) is 7.52. The van der Waals surface area contributed by atoms with Gasteiger partial charge in [-0.3, -0.25) is 4.98 Å². The first-order chi connectivity index (χ1) is 11.8. The van der Waals surface area contributed by atoms with Gasteiger partial charge in [-0.15, -0.1) is 0 Å². The molecule has 2 heterocycles. The normalized spacial score (nSPS) is 10.4. The Morgan fingerprint density at radius 3 is 2.71 bits per heavy atom. The van der Waals surface area contributed by atoms with Crippen LogP contribution in [0.25, 0.3) is 0 Å². The number of rotatable bonds is 6. The van der Waals surface area contributed by atoms with Crippen LogP contribution in [0.2, 0.25) is 0 Å². The standard InChI is InChI=1S/C18H16N2O4/c1-2-16-17(20-12-23-16)18(21)22-11-13-5-7-14(8-6-13)24-15-4-3-9-19-10-15/h3-10,12H,2,11H2,1H3. The van der Waals surface area contributed by atoms with Gasteiger partial charge in [-0.2, -0.15) is 0 Å². The molecule has 0 aliphatic carbocycles. The zero-order chi connectivity index (χ0) is 16.8. The summed E-state index contributed by atoms with van der Waals surface area (Å²) >= 11 is 0. The Morgan fingerprint density at radius 2 is 2.00 bits per heavy atom. The Kier molecular flexibility index (Phi) is 4.86. The average molecular weight is 324 g/mol. The van der Waals surface area contributed by atoms with Gasteiger partial charge in [0.1, 0.15) is 23.9 Å². The number of carbonyl (C=O) groups is 1. The van der Waals surface area contributed by atoms with Crippen molar-refractivity contribution in [2.45, 2.75) is 20.0 Å². The van der Waals surface area contributed by atoms with Gasteiger partial charge in [0, 0.05) is 12.6 Å². The van der Waals surface area contributed by atoms with Crippen molar-refractivity contribution >= 4 is 5.97 Å². The highest BCUT2D eigenvalue weighted by atomic mass is 16.5. The number of oxazole rings is 1. The summed E-state index contributed by atoms with van der Waals surface area (Å²) in [5.41, 5.74) is 1.08. The van der Waals surface area contributed by atoms with Crippen LogP contribution in [0.3, 0.4) is 0 Å². The van der Waals surface area contributed by atoms with Gasteiger partial charge in [0.25, 0.3) is 0 Å². The molecule has 0 radical (unpaired) electrons. The molecule has 122 valence electrons. The van der Waals surface area contributed by atoms with E-state index in [1.54, 1.807) is 18.5 Å². The molecule has 0 aliphatic rings. The summed E-state index contributed by atoms with van der Waals surface area (Å²) in [6.07, 6.45) is 5.16. The maximum absolute atomic E-state index is 12.0. The van der Waals surface area contributed by atoms with Gasteiger partial charge in [0.05, 0.1) is 6.20 Å². The Labute approximate surface area is 139 Å². The van der Waals surface area contributed by atoms with Crippen LogP contribution in [-0.2, 0) is 17.8 Å². The maximum atomic E-state index is 12.0. The molecule has 0 N–H and O–H groups in total. The second-order valence-electron chi connectivity index (χ2n) is 4.99. The van der Waals surface area contributed by atoms with E-state index >= 15 is 0 Å². The van der Waals surface area contributed by atoms with Crippen LogP contribution >= 0.6 is 0 Å². The fraction of sp³-hybridized carbons (Fsp3) is 0.167. The molecule has 0 fully saturated rings. The van der Waals surface area contributed by atoms with Gasteiger partial charge in [-0.25, -0.2) is 9.78 Å². The third-order valence-electron chi connectivity index (χ3n) is 3.32. The molecule has 1 aromatic carbocycles. The number of aromatic nitrogens is 2. The summed E-state index contributed by atoms with van der Waals surface area (Å²) in [6.45, 7) is 2.04. The number of pyridine rings is 1. The molecule has 3 rings (SSSR count). The Morgan fingerprint density at radius 1 is 1.17 bits per heavy atom. The highest BCUT2D eigenvalue weighted by molar-refractivity contribution is 5.88. The van der Waals surface area contributed by atoms with Crippen molar-refractivity contribution in [3.05, 3.63) is 72.2 Å². The van der Waals surface area contributed by atoms with Gasteiger partial charge in [-0.1, -0.05) is 19.1 Å². The molecule has 6 nitrogen and oxygen atoms in total. The summed E-state index contributed by atoms with van der Waals surface area (Å²) in [7, 11) is 0. The van der Waals surface area contributed by atoms with Gasteiger partial charge in [-0.05, 0) is 29.8 Å². The quantitative estimate of drug-likeness (QED) is 0.642. The summed E-state index contributed by atoms with van der Waals surface area (Å²) in [5, 5.41) is 0. The van der Waals surface area contributed by atoms with E-state index in [-0.39, 0.29) is 12.3 Å². The molecular formula is C18H16N2O4. The smallest absolute Gasteiger partial charge is 0.360 e. The maximum Gasteiger partial charge on any atom is 0.360 e. The van der Waals surface area contributed by atoms with Crippen LogP contribution in [-0.4, -0.2) is 15.9 Å². The zero-order valence-corrected chi connectivity index (χ0v) is 13.1. The third-order valence-corrected chi connectivity index (χ3v) is 3.32. The number of aryl methyl sites for hydroxylation is 1. The van der Waals surface area contributed by atoms with Crippen molar-refractivity contribution in [2.75, 3.05) is 0 Å². The van der Waals surface area contributed by atoms with E-state index in [1.165, 1.54) is 6.39 Å². The minimum Gasteiger partial charge on any atom is -0.456 e. The molecule has 0 saturated carbocycles. The predicted molar refractivity (Wildman–Crippen MR) is 85.8 cm³/mol. The van der Waals surface area contributed by atoms with Crippen LogP contribution in [0.15, 0.2) is 59.6 Å². The SMILES string of the molecule is CCc1ocnc1C(=O)OCc1ccc(Oc2cccnc2)cc1. The topological polar surface area (TPSA) is 74.5 Å². The number of ether oxygens (including phenoxy) is 2. The largest absolute Gasteiger partial charge is 0.456 e. The fourth-order valence-electron chi connectivity index (χ4n) is 2.10. The third kappa shape index (κ3) is 3.78. The molecule has 0 atom stereocenters. The van der Waals surface area contributed by atoms with Crippen LogP contribution in [0.1, 0.15) is 28.7 Å². The van der Waals surface area contributed by atoms with E-state index in [0.717, 1.165) is 5.56 Å². The van der Waals surface area contributed by atoms with Crippen molar-refractivity contribution in [1.82, 2.24) is 9.97 Å². The highest BCUT2D eigenvalue weighted by Gasteiger charge is 2.16. The van der Waals surface area contributed by atoms with Crippen molar-refractivity contribution in [3.8, 4) is 11.5 Å². The van der Waals surface area contributed by atoms with E-state index in [4.69, 9.17) is 13.9 Å². The molecule has 6 heteroatoms. The first-order valence-corrected chi connectivity index (χ1v) is 7.52. The lowest BCUT2D eigenvalue weighted by Gasteiger charge is -2.07. The molecule has 2 aromatic heterocycles. The molecule has 0 amide bonds. The van der Waals surface area contributed by atoms with Crippen LogP contribution < -0.4 is 4.74 Å². The molecule has 0 unspecified atom stereocenters. The predicted octanol–water partition coefficient (Wildman–Crippen LogP) is 3.78. The first kappa shape index (κ1) is 15.7. The van der Waals surface area contributed by atoms with E-state index < -0.39 is 5.97 Å². The number of nitrogens with zero attached hydrogens (tertiary/aromatic N) is 2. The lowest BCUT2D eigenvalue weighted by molar-refractivity contribution is 0.0464. The summed E-state index contributed by atoms with van der Waals surface area (Å²) < 4.78 is 16.0. The van der Waals surface area contributed by atoms with Crippen LogP contribution in [0, 0.1) is 0 Å². The summed E-state index contributed by atoms with van der Waals surface area (Å²) in [5.74, 6) is 1.38. The Bertz CT molecular complexity index is 797. The molecule has 0 spiro atoms. The second kappa shape index (κ2) is 7.41. The van der Waals surface area contributed by atoms with Crippen molar-refractivity contribution in [1.29, 1.82) is 0 Å². The van der Waals surface area contributed by atoms with Crippen LogP contribution in [0.5, 0.6) is 11.5 Å². The summed E-state index contributed by atoms with van der Waals surface area (Å²) in [4.78, 5) is 19.9. The monoisotopic (exact) mass is 324 g/mol. The number of benzene rings is 1. The highest BCUT2D eigenvalue weighted by Crippen LogP contribution is 2.21. The van der Waals surface area contributed by atoms with Gasteiger partial charge < -0.3 is 13.9 Å². The second-order valence-corrected chi connectivity index (χ2v) is 4.99. The van der Waals surface area contributed by atoms with Gasteiger partial charge in [0.15, 0.2) is 12.1 Å². The fourth-order valence-corrected chi connectivity index (χ4v) is 2.10. The molecule has 0 saturated heterocycles. The minimum atomic E-state index is -0.490. The molecule has 24 heavy (non-hydrogen) atoms.